The molecule has 0 aromatic carbocycles. The van der Waals surface area contributed by atoms with Crippen molar-refractivity contribution in [1.82, 2.24) is 4.90 Å². The fraction of sp³-hybridized carbons (Fsp3) is 1.00. The van der Waals surface area contributed by atoms with Crippen molar-refractivity contribution in [2.24, 2.45) is 5.73 Å². The Kier molecular flexibility index (Phi) is 10.5. The van der Waals surface area contributed by atoms with Crippen molar-refractivity contribution in [2.45, 2.75) is 38.8 Å². The minimum atomic E-state index is 0.456. The van der Waals surface area contributed by atoms with Crippen LogP contribution in [0.5, 0.6) is 0 Å². The molecule has 0 amide bonds. The maximum atomic E-state index is 5.88. The molecule has 98 valence electrons. The molecule has 0 heterocycles. The van der Waals surface area contributed by atoms with Gasteiger partial charge in [-0.05, 0) is 38.3 Å². The fourth-order valence-corrected chi connectivity index (χ4v) is 2.60. The largest absolute Gasteiger partial charge is 0.383 e. The lowest BCUT2D eigenvalue weighted by Crippen LogP contribution is -2.47. The van der Waals surface area contributed by atoms with Gasteiger partial charge in [0.25, 0.3) is 0 Å². The lowest BCUT2D eigenvalue weighted by atomic mass is 10.1. The molecule has 0 fully saturated rings. The Bertz CT molecular complexity index is 158. The van der Waals surface area contributed by atoms with E-state index in [1.807, 2.05) is 11.8 Å². The van der Waals surface area contributed by atoms with Crippen LogP contribution in [0.1, 0.15) is 26.7 Å². The van der Waals surface area contributed by atoms with Crippen LogP contribution in [-0.2, 0) is 4.74 Å². The maximum Gasteiger partial charge on any atom is 0.0615 e. The van der Waals surface area contributed by atoms with E-state index >= 15 is 0 Å². The van der Waals surface area contributed by atoms with E-state index in [1.165, 1.54) is 18.6 Å². The second-order valence-corrected chi connectivity index (χ2v) is 5.14. The number of likely N-dealkylation sites (N-methyl/N-ethyl adjacent to an activating group) is 1. The predicted octanol–water partition coefficient (Wildman–Crippen LogP) is 1.81. The first kappa shape index (κ1) is 16.2. The summed E-state index contributed by atoms with van der Waals surface area (Å²) in [6.07, 6.45) is 4.60. The van der Waals surface area contributed by atoms with Crippen LogP contribution >= 0.6 is 11.8 Å². The molecule has 0 bridgehead atoms. The van der Waals surface area contributed by atoms with Gasteiger partial charge in [-0.25, -0.2) is 0 Å². The molecular weight excluding hydrogens is 220 g/mol. The van der Waals surface area contributed by atoms with Crippen LogP contribution in [0.25, 0.3) is 0 Å². The van der Waals surface area contributed by atoms with Crippen LogP contribution in [0.3, 0.4) is 0 Å². The van der Waals surface area contributed by atoms with E-state index in [-0.39, 0.29) is 0 Å². The van der Waals surface area contributed by atoms with E-state index in [9.17, 15) is 0 Å². The van der Waals surface area contributed by atoms with Crippen molar-refractivity contribution in [3.05, 3.63) is 0 Å². The summed E-state index contributed by atoms with van der Waals surface area (Å²) in [6.45, 7) is 6.99. The number of methoxy groups -OCH3 is 1. The topological polar surface area (TPSA) is 38.5 Å². The van der Waals surface area contributed by atoms with E-state index in [1.54, 1.807) is 7.11 Å². The van der Waals surface area contributed by atoms with Crippen LogP contribution in [-0.4, -0.2) is 55.8 Å². The normalized spacial score (nSPS) is 15.4. The summed E-state index contributed by atoms with van der Waals surface area (Å²) < 4.78 is 5.22. The van der Waals surface area contributed by atoms with Gasteiger partial charge in [0.1, 0.15) is 0 Å². The Hall–Kier alpha value is 0.230. The van der Waals surface area contributed by atoms with E-state index in [2.05, 4.69) is 25.0 Å². The van der Waals surface area contributed by atoms with Gasteiger partial charge in [-0.1, -0.05) is 6.92 Å². The summed E-state index contributed by atoms with van der Waals surface area (Å²) in [7, 11) is 1.76. The number of rotatable bonds is 10. The number of ether oxygens (including phenoxy) is 1. The molecule has 0 saturated heterocycles. The fourth-order valence-electron chi connectivity index (χ4n) is 2.15. The van der Waals surface area contributed by atoms with Crippen LogP contribution in [0.4, 0.5) is 0 Å². The Labute approximate surface area is 105 Å². The number of hydrogen-bond donors (Lipinski definition) is 1. The molecular formula is C12H28N2OS. The highest BCUT2D eigenvalue weighted by Gasteiger charge is 2.20. The van der Waals surface area contributed by atoms with E-state index in [0.717, 1.165) is 19.7 Å². The number of nitrogens with two attached hydrogens (primary N) is 1. The molecule has 0 aliphatic heterocycles. The summed E-state index contributed by atoms with van der Waals surface area (Å²) in [5.74, 6) is 1.23. The van der Waals surface area contributed by atoms with Crippen LogP contribution in [0.15, 0.2) is 0 Å². The van der Waals surface area contributed by atoms with Crippen LogP contribution in [0.2, 0.25) is 0 Å². The van der Waals surface area contributed by atoms with E-state index < -0.39 is 0 Å². The van der Waals surface area contributed by atoms with Gasteiger partial charge in [-0.3, -0.25) is 4.90 Å². The highest BCUT2D eigenvalue weighted by atomic mass is 32.2. The zero-order valence-corrected chi connectivity index (χ0v) is 12.1. The SMILES string of the molecule is CCN(C(C)COC)C(CN)CCCSC. The van der Waals surface area contributed by atoms with Crippen molar-refractivity contribution in [1.29, 1.82) is 0 Å². The molecule has 2 unspecified atom stereocenters. The van der Waals surface area contributed by atoms with Gasteiger partial charge in [-0.15, -0.1) is 0 Å². The molecule has 0 aromatic rings. The molecule has 16 heavy (non-hydrogen) atoms. The van der Waals surface area contributed by atoms with Crippen LogP contribution < -0.4 is 5.73 Å². The average Bonchev–Trinajstić information content (AvgIpc) is 2.28. The second kappa shape index (κ2) is 10.4. The van der Waals surface area contributed by atoms with Crippen molar-refractivity contribution >= 4 is 11.8 Å². The molecule has 0 aromatic heterocycles. The smallest absolute Gasteiger partial charge is 0.0615 e. The number of thioether (sulfide) groups is 1. The molecule has 2 N–H and O–H groups in total. The van der Waals surface area contributed by atoms with Gasteiger partial charge in [0.05, 0.1) is 6.61 Å². The lowest BCUT2D eigenvalue weighted by Gasteiger charge is -2.34. The minimum Gasteiger partial charge on any atom is -0.383 e. The third-order valence-electron chi connectivity index (χ3n) is 2.97. The maximum absolute atomic E-state index is 5.88. The summed E-state index contributed by atoms with van der Waals surface area (Å²) >= 11 is 1.91. The van der Waals surface area contributed by atoms with Crippen molar-refractivity contribution in [2.75, 3.05) is 38.8 Å². The summed E-state index contributed by atoms with van der Waals surface area (Å²) in [6, 6.07) is 0.958. The molecule has 0 spiro atoms. The number of hydrogen-bond acceptors (Lipinski definition) is 4. The lowest BCUT2D eigenvalue weighted by molar-refractivity contribution is 0.0723. The van der Waals surface area contributed by atoms with Gasteiger partial charge in [0.15, 0.2) is 0 Å². The third kappa shape index (κ3) is 6.09. The first-order chi connectivity index (χ1) is 7.71. The highest BCUT2D eigenvalue weighted by Crippen LogP contribution is 2.12. The second-order valence-electron chi connectivity index (χ2n) is 4.16. The van der Waals surface area contributed by atoms with Gasteiger partial charge in [0, 0.05) is 25.7 Å². The molecule has 4 heteroatoms. The van der Waals surface area contributed by atoms with Gasteiger partial charge in [0.2, 0.25) is 0 Å². The van der Waals surface area contributed by atoms with Crippen molar-refractivity contribution < 1.29 is 4.74 Å². The predicted molar refractivity (Wildman–Crippen MR) is 74.2 cm³/mol. The zero-order chi connectivity index (χ0) is 12.4. The monoisotopic (exact) mass is 248 g/mol. The first-order valence-electron chi connectivity index (χ1n) is 6.14. The summed E-state index contributed by atoms with van der Waals surface area (Å²) in [5, 5.41) is 0. The molecule has 3 nitrogen and oxygen atoms in total. The minimum absolute atomic E-state index is 0.456. The van der Waals surface area contributed by atoms with E-state index in [0.29, 0.717) is 12.1 Å². The first-order valence-corrected chi connectivity index (χ1v) is 7.54. The molecule has 0 aliphatic carbocycles. The Morgan fingerprint density at radius 1 is 1.44 bits per heavy atom. The van der Waals surface area contributed by atoms with Gasteiger partial charge in [-0.2, -0.15) is 11.8 Å². The van der Waals surface area contributed by atoms with Crippen LogP contribution in [0, 0.1) is 0 Å². The van der Waals surface area contributed by atoms with Gasteiger partial charge < -0.3 is 10.5 Å². The molecule has 2 atom stereocenters. The van der Waals surface area contributed by atoms with E-state index in [4.69, 9.17) is 10.5 Å². The molecule has 0 radical (unpaired) electrons. The Balaban J connectivity index is 4.14. The zero-order valence-electron chi connectivity index (χ0n) is 11.2. The summed E-state index contributed by atoms with van der Waals surface area (Å²) in [5.41, 5.74) is 5.88. The average molecular weight is 248 g/mol. The molecule has 0 saturated carbocycles. The molecule has 0 aliphatic rings. The van der Waals surface area contributed by atoms with Gasteiger partial charge >= 0.3 is 0 Å². The van der Waals surface area contributed by atoms with Crippen molar-refractivity contribution in [3.8, 4) is 0 Å². The highest BCUT2D eigenvalue weighted by molar-refractivity contribution is 7.98. The Morgan fingerprint density at radius 2 is 2.12 bits per heavy atom. The quantitative estimate of drug-likeness (QED) is 0.599. The molecule has 0 rings (SSSR count). The Morgan fingerprint density at radius 3 is 2.56 bits per heavy atom. The third-order valence-corrected chi connectivity index (χ3v) is 3.66. The standard InChI is InChI=1S/C12H28N2OS/c1-5-14(11(2)10-15-3)12(9-13)7-6-8-16-4/h11-12H,5-10,13H2,1-4H3. The van der Waals surface area contributed by atoms with Crippen molar-refractivity contribution in [3.63, 3.8) is 0 Å². The number of nitrogens with zero attached hydrogens (tertiary/aromatic N) is 1. The summed E-state index contributed by atoms with van der Waals surface area (Å²) in [4.78, 5) is 2.46.